The third-order valence-electron chi connectivity index (χ3n) is 5.47. The predicted molar refractivity (Wildman–Crippen MR) is 114 cm³/mol. The number of nitrogens with zero attached hydrogens (tertiary/aromatic N) is 3. The number of benzene rings is 1. The van der Waals surface area contributed by atoms with Crippen LogP contribution in [0.2, 0.25) is 0 Å². The minimum Gasteiger partial charge on any atom is -0.281 e. The molecule has 4 rings (SSSR count). The van der Waals surface area contributed by atoms with Crippen LogP contribution in [0, 0.1) is 0 Å². The Morgan fingerprint density at radius 1 is 1.20 bits per heavy atom. The monoisotopic (exact) mass is 428 g/mol. The summed E-state index contributed by atoms with van der Waals surface area (Å²) in [6, 6.07) is 9.20. The van der Waals surface area contributed by atoms with Gasteiger partial charge in [0.05, 0.1) is 5.39 Å². The van der Waals surface area contributed by atoms with Gasteiger partial charge in [0, 0.05) is 25.8 Å². The van der Waals surface area contributed by atoms with E-state index in [9.17, 15) is 18.0 Å². The number of aromatic amines is 1. The molecule has 1 N–H and O–H groups in total. The quantitative estimate of drug-likeness (QED) is 0.647. The van der Waals surface area contributed by atoms with Crippen LogP contribution in [0.15, 0.2) is 51.0 Å². The van der Waals surface area contributed by atoms with E-state index in [-0.39, 0.29) is 28.5 Å². The van der Waals surface area contributed by atoms with Crippen LogP contribution in [0.3, 0.4) is 0 Å². The van der Waals surface area contributed by atoms with Gasteiger partial charge in [-0.05, 0) is 36.0 Å². The minimum absolute atomic E-state index is 0.0511. The zero-order chi connectivity index (χ0) is 21.6. The average molecular weight is 429 g/mol. The molecule has 3 aromatic rings. The first kappa shape index (κ1) is 20.5. The lowest BCUT2D eigenvalue weighted by Crippen LogP contribution is -2.33. The van der Waals surface area contributed by atoms with Gasteiger partial charge in [0.15, 0.2) is 0 Å². The number of aryl methyl sites for hydroxylation is 1. The van der Waals surface area contributed by atoms with Crippen LogP contribution in [0.1, 0.15) is 43.7 Å². The molecule has 1 saturated carbocycles. The summed E-state index contributed by atoms with van der Waals surface area (Å²) in [5.74, 6) is 0.403. The van der Waals surface area contributed by atoms with Gasteiger partial charge in [-0.25, -0.2) is 18.2 Å². The van der Waals surface area contributed by atoms with E-state index in [1.165, 1.54) is 33.7 Å². The topological polar surface area (TPSA) is 105 Å². The first-order chi connectivity index (χ1) is 14.2. The molecule has 1 aliphatic carbocycles. The second kappa shape index (κ2) is 7.48. The van der Waals surface area contributed by atoms with Gasteiger partial charge in [0.1, 0.15) is 10.5 Å². The van der Waals surface area contributed by atoms with Crippen molar-refractivity contribution in [1.29, 1.82) is 0 Å². The average Bonchev–Trinajstić information content (AvgIpc) is 3.55. The summed E-state index contributed by atoms with van der Waals surface area (Å²) in [6.45, 7) is 4.48. The molecule has 0 bridgehead atoms. The molecule has 30 heavy (non-hydrogen) atoms. The van der Waals surface area contributed by atoms with E-state index in [4.69, 9.17) is 0 Å². The highest BCUT2D eigenvalue weighted by Gasteiger charge is 2.38. The molecule has 158 valence electrons. The van der Waals surface area contributed by atoms with Gasteiger partial charge in [0.2, 0.25) is 10.0 Å². The summed E-state index contributed by atoms with van der Waals surface area (Å²) in [7, 11) is -2.39. The van der Waals surface area contributed by atoms with Crippen molar-refractivity contribution >= 4 is 21.1 Å². The molecule has 0 saturated heterocycles. The van der Waals surface area contributed by atoms with Gasteiger partial charge < -0.3 is 0 Å². The van der Waals surface area contributed by atoms with Crippen molar-refractivity contribution < 1.29 is 8.42 Å². The van der Waals surface area contributed by atoms with Crippen molar-refractivity contribution in [3.8, 4) is 0 Å². The zero-order valence-electron chi connectivity index (χ0n) is 17.1. The Labute approximate surface area is 174 Å². The van der Waals surface area contributed by atoms with Crippen molar-refractivity contribution in [2.24, 2.45) is 7.05 Å². The number of hydrogen-bond acceptors (Lipinski definition) is 5. The molecule has 8 nitrogen and oxygen atoms in total. The molecule has 9 heteroatoms. The molecule has 1 fully saturated rings. The number of pyridine rings is 1. The second-order valence-corrected chi connectivity index (χ2v) is 9.93. The molecular weight excluding hydrogens is 404 g/mol. The largest absolute Gasteiger partial charge is 0.329 e. The van der Waals surface area contributed by atoms with E-state index < -0.39 is 21.3 Å². The van der Waals surface area contributed by atoms with Crippen LogP contribution in [-0.4, -0.2) is 33.3 Å². The lowest BCUT2D eigenvalue weighted by molar-refractivity contribution is 0.398. The molecule has 0 unspecified atom stereocenters. The first-order valence-corrected chi connectivity index (χ1v) is 11.3. The van der Waals surface area contributed by atoms with Crippen molar-refractivity contribution in [2.45, 2.75) is 50.1 Å². The van der Waals surface area contributed by atoms with E-state index in [1.807, 2.05) is 24.3 Å². The van der Waals surface area contributed by atoms with Crippen LogP contribution in [0.25, 0.3) is 11.0 Å². The molecule has 0 atom stereocenters. The van der Waals surface area contributed by atoms with E-state index in [0.717, 1.165) is 18.4 Å². The van der Waals surface area contributed by atoms with Crippen molar-refractivity contribution in [1.82, 2.24) is 18.8 Å². The van der Waals surface area contributed by atoms with Gasteiger partial charge in [-0.3, -0.25) is 14.3 Å². The van der Waals surface area contributed by atoms with Crippen LogP contribution in [0.5, 0.6) is 0 Å². The fourth-order valence-corrected chi connectivity index (χ4v) is 5.10. The molecule has 2 heterocycles. The van der Waals surface area contributed by atoms with Crippen LogP contribution >= 0.6 is 0 Å². The summed E-state index contributed by atoms with van der Waals surface area (Å²) in [6.07, 6.45) is 2.83. The van der Waals surface area contributed by atoms with Gasteiger partial charge >= 0.3 is 5.69 Å². The standard InChI is InChI=1S/C21H24N4O4S/c1-13(2)15-6-4-14(5-7-15)12-25(16-8-9-16)30(28,29)17-10-18-19(22-11-17)24(3)21(27)23-20(18)26/h4-7,10-11,13,16H,8-9,12H2,1-3H3,(H,23,26,27). The molecule has 1 aliphatic rings. The maximum absolute atomic E-state index is 13.4. The van der Waals surface area contributed by atoms with E-state index in [2.05, 4.69) is 23.8 Å². The third-order valence-corrected chi connectivity index (χ3v) is 7.34. The highest BCUT2D eigenvalue weighted by atomic mass is 32.2. The number of H-pyrrole nitrogens is 1. The fourth-order valence-electron chi connectivity index (χ4n) is 3.45. The third kappa shape index (κ3) is 3.70. The number of nitrogens with one attached hydrogen (secondary N) is 1. The number of aromatic nitrogens is 3. The van der Waals surface area contributed by atoms with Gasteiger partial charge in [-0.2, -0.15) is 4.31 Å². The zero-order valence-corrected chi connectivity index (χ0v) is 17.9. The van der Waals surface area contributed by atoms with Crippen molar-refractivity contribution in [3.63, 3.8) is 0 Å². The molecule has 0 radical (unpaired) electrons. The maximum Gasteiger partial charge on any atom is 0.329 e. The van der Waals surface area contributed by atoms with E-state index >= 15 is 0 Å². The SMILES string of the molecule is CC(C)c1ccc(CN(C2CC2)S(=O)(=O)c2cnc3c(c2)c(=O)[nH]c(=O)n3C)cc1. The van der Waals surface area contributed by atoms with Crippen LogP contribution < -0.4 is 11.2 Å². The Kier molecular flexibility index (Phi) is 5.11. The van der Waals surface area contributed by atoms with Gasteiger partial charge in [-0.1, -0.05) is 38.1 Å². The Bertz CT molecular complexity index is 1320. The molecule has 2 aromatic heterocycles. The number of rotatable bonds is 6. The highest BCUT2D eigenvalue weighted by Crippen LogP contribution is 2.34. The van der Waals surface area contributed by atoms with Crippen LogP contribution in [-0.2, 0) is 23.6 Å². The van der Waals surface area contributed by atoms with E-state index in [0.29, 0.717) is 5.92 Å². The Morgan fingerprint density at radius 3 is 2.47 bits per heavy atom. The number of sulfonamides is 1. The Balaban J connectivity index is 1.73. The smallest absolute Gasteiger partial charge is 0.281 e. The lowest BCUT2D eigenvalue weighted by Gasteiger charge is -2.22. The molecule has 1 aromatic carbocycles. The summed E-state index contributed by atoms with van der Waals surface area (Å²) in [5.41, 5.74) is 0.997. The number of fused-ring (bicyclic) bond motifs is 1. The summed E-state index contributed by atoms with van der Waals surface area (Å²) < 4.78 is 29.5. The summed E-state index contributed by atoms with van der Waals surface area (Å²) in [4.78, 5) is 30.2. The number of hydrogen-bond donors (Lipinski definition) is 1. The van der Waals surface area contributed by atoms with Crippen molar-refractivity contribution in [3.05, 3.63) is 68.5 Å². The molecule has 0 spiro atoms. The van der Waals surface area contributed by atoms with Gasteiger partial charge in [0.25, 0.3) is 5.56 Å². The fraction of sp³-hybridized carbons (Fsp3) is 0.381. The Hall–Kier alpha value is -2.78. The van der Waals surface area contributed by atoms with Crippen LogP contribution in [0.4, 0.5) is 0 Å². The van der Waals surface area contributed by atoms with Crippen molar-refractivity contribution in [2.75, 3.05) is 0 Å². The second-order valence-electron chi connectivity index (χ2n) is 8.04. The minimum atomic E-state index is -3.86. The normalized spacial score (nSPS) is 14.7. The molecular formula is C21H24N4O4S. The predicted octanol–water partition coefficient (Wildman–Crippen LogP) is 2.10. The first-order valence-electron chi connectivity index (χ1n) is 9.88. The van der Waals surface area contributed by atoms with Gasteiger partial charge in [-0.15, -0.1) is 0 Å². The summed E-state index contributed by atoms with van der Waals surface area (Å²) >= 11 is 0. The highest BCUT2D eigenvalue weighted by molar-refractivity contribution is 7.89. The maximum atomic E-state index is 13.4. The Morgan fingerprint density at radius 2 is 1.87 bits per heavy atom. The molecule has 0 aliphatic heterocycles. The lowest BCUT2D eigenvalue weighted by atomic mass is 10.0. The van der Waals surface area contributed by atoms with E-state index in [1.54, 1.807) is 0 Å². The summed E-state index contributed by atoms with van der Waals surface area (Å²) in [5, 5.41) is 0.0650. The molecule has 0 amide bonds.